The van der Waals surface area contributed by atoms with E-state index >= 15 is 0 Å². The maximum Gasteiger partial charge on any atom is 0.241 e. The van der Waals surface area contributed by atoms with Crippen molar-refractivity contribution in [3.63, 3.8) is 0 Å². The fourth-order valence-corrected chi connectivity index (χ4v) is 3.61. The van der Waals surface area contributed by atoms with Crippen LogP contribution in [0.3, 0.4) is 0 Å². The molecule has 0 aromatic heterocycles. The number of halogens is 1. The van der Waals surface area contributed by atoms with Gasteiger partial charge < -0.3 is 10.1 Å². The monoisotopic (exact) mass is 394 g/mol. The van der Waals surface area contributed by atoms with E-state index in [2.05, 4.69) is 10.0 Å². The van der Waals surface area contributed by atoms with E-state index in [0.717, 1.165) is 0 Å². The fraction of sp³-hybridized carbons (Fsp3) is 0.316. The Morgan fingerprint density at radius 2 is 1.67 bits per heavy atom. The van der Waals surface area contributed by atoms with Gasteiger partial charge in [-0.2, -0.15) is 4.72 Å². The molecule has 2 aromatic rings. The lowest BCUT2D eigenvalue weighted by Gasteiger charge is -2.19. The van der Waals surface area contributed by atoms with Gasteiger partial charge in [0.1, 0.15) is 11.6 Å². The van der Waals surface area contributed by atoms with E-state index in [0.29, 0.717) is 17.9 Å². The minimum absolute atomic E-state index is 0.0391. The summed E-state index contributed by atoms with van der Waals surface area (Å²) in [5, 5.41) is 2.71. The van der Waals surface area contributed by atoms with Crippen LogP contribution in [0.15, 0.2) is 53.4 Å². The largest absolute Gasteiger partial charge is 0.494 e. The van der Waals surface area contributed by atoms with Gasteiger partial charge in [0.2, 0.25) is 15.9 Å². The fourth-order valence-electron chi connectivity index (χ4n) is 2.41. The number of sulfonamides is 1. The first-order valence-corrected chi connectivity index (χ1v) is 10.0. The third-order valence-corrected chi connectivity index (χ3v) is 5.46. The SMILES string of the molecule is CCOc1ccc(S(=O)(=O)N[C@H](C)C(=O)N[C@H](C)c2ccc(F)cc2)cc1. The molecule has 0 aliphatic rings. The summed E-state index contributed by atoms with van der Waals surface area (Å²) < 4.78 is 45.5. The van der Waals surface area contributed by atoms with Gasteiger partial charge in [0.25, 0.3) is 0 Å². The van der Waals surface area contributed by atoms with Crippen LogP contribution in [0, 0.1) is 5.82 Å². The highest BCUT2D eigenvalue weighted by Crippen LogP contribution is 2.17. The molecule has 0 fully saturated rings. The smallest absolute Gasteiger partial charge is 0.241 e. The maximum absolute atomic E-state index is 13.0. The second-order valence-corrected chi connectivity index (χ2v) is 7.74. The van der Waals surface area contributed by atoms with Crippen LogP contribution < -0.4 is 14.8 Å². The number of amides is 1. The van der Waals surface area contributed by atoms with E-state index < -0.39 is 28.0 Å². The van der Waals surface area contributed by atoms with Crippen molar-refractivity contribution in [2.45, 2.75) is 37.8 Å². The number of rotatable bonds is 8. The van der Waals surface area contributed by atoms with E-state index in [9.17, 15) is 17.6 Å². The van der Waals surface area contributed by atoms with Crippen LogP contribution in [0.25, 0.3) is 0 Å². The molecule has 0 saturated heterocycles. The quantitative estimate of drug-likeness (QED) is 0.721. The van der Waals surface area contributed by atoms with Crippen molar-refractivity contribution >= 4 is 15.9 Å². The number of carbonyl (C=O) groups is 1. The molecule has 8 heteroatoms. The van der Waals surface area contributed by atoms with E-state index in [4.69, 9.17) is 4.74 Å². The molecule has 1 amide bonds. The Labute approximate surface area is 158 Å². The molecule has 0 unspecified atom stereocenters. The third-order valence-electron chi connectivity index (χ3n) is 3.90. The number of hydrogen-bond acceptors (Lipinski definition) is 4. The molecule has 0 aliphatic carbocycles. The normalized spacial score (nSPS) is 13.6. The molecule has 0 aliphatic heterocycles. The zero-order valence-corrected chi connectivity index (χ0v) is 16.2. The van der Waals surface area contributed by atoms with E-state index in [1.54, 1.807) is 31.2 Å². The van der Waals surface area contributed by atoms with Crippen LogP contribution in [0.1, 0.15) is 32.4 Å². The molecule has 2 atom stereocenters. The van der Waals surface area contributed by atoms with Gasteiger partial charge in [-0.3, -0.25) is 4.79 Å². The number of nitrogens with one attached hydrogen (secondary N) is 2. The third kappa shape index (κ3) is 5.77. The van der Waals surface area contributed by atoms with Crippen molar-refractivity contribution in [1.29, 1.82) is 0 Å². The van der Waals surface area contributed by atoms with Crippen LogP contribution in [0.2, 0.25) is 0 Å². The lowest BCUT2D eigenvalue weighted by Crippen LogP contribution is -2.45. The summed E-state index contributed by atoms with van der Waals surface area (Å²) >= 11 is 0. The molecule has 0 heterocycles. The van der Waals surface area contributed by atoms with Crippen molar-refractivity contribution in [3.05, 3.63) is 59.9 Å². The minimum atomic E-state index is -3.86. The molecule has 146 valence electrons. The molecule has 6 nitrogen and oxygen atoms in total. The molecule has 0 radical (unpaired) electrons. The zero-order valence-electron chi connectivity index (χ0n) is 15.4. The van der Waals surface area contributed by atoms with E-state index in [1.807, 2.05) is 6.92 Å². The Morgan fingerprint density at radius 3 is 2.22 bits per heavy atom. The molecule has 0 spiro atoms. The Balaban J connectivity index is 2.00. The summed E-state index contributed by atoms with van der Waals surface area (Å²) in [6, 6.07) is 10.3. The van der Waals surface area contributed by atoms with Crippen molar-refractivity contribution in [3.8, 4) is 5.75 Å². The zero-order chi connectivity index (χ0) is 20.0. The molecule has 27 heavy (non-hydrogen) atoms. The topological polar surface area (TPSA) is 84.5 Å². The predicted molar refractivity (Wildman–Crippen MR) is 100 cm³/mol. The predicted octanol–water partition coefficient (Wildman–Crippen LogP) is 2.77. The van der Waals surface area contributed by atoms with Gasteiger partial charge >= 0.3 is 0 Å². The molecule has 0 saturated carbocycles. The molecular formula is C19H23FN2O4S. The Kier molecular flexibility index (Phi) is 6.92. The minimum Gasteiger partial charge on any atom is -0.494 e. The van der Waals surface area contributed by atoms with E-state index in [-0.39, 0.29) is 10.7 Å². The number of ether oxygens (including phenoxy) is 1. The summed E-state index contributed by atoms with van der Waals surface area (Å²) in [6.45, 7) is 5.50. The lowest BCUT2D eigenvalue weighted by atomic mass is 10.1. The molecule has 2 N–H and O–H groups in total. The highest BCUT2D eigenvalue weighted by atomic mass is 32.2. The van der Waals surface area contributed by atoms with Crippen molar-refractivity contribution < 1.29 is 22.3 Å². The molecule has 0 bridgehead atoms. The van der Waals surface area contributed by atoms with Crippen LogP contribution in [0.5, 0.6) is 5.75 Å². The summed E-state index contributed by atoms with van der Waals surface area (Å²) in [5.74, 6) is -0.287. The molecule has 2 aromatic carbocycles. The first kappa shape index (κ1) is 20.9. The highest BCUT2D eigenvalue weighted by Gasteiger charge is 2.23. The number of benzene rings is 2. The Hall–Kier alpha value is -2.45. The van der Waals surface area contributed by atoms with Gasteiger partial charge in [-0.05, 0) is 62.7 Å². The molecule has 2 rings (SSSR count). The Morgan fingerprint density at radius 1 is 1.07 bits per heavy atom. The summed E-state index contributed by atoms with van der Waals surface area (Å²) in [5.41, 5.74) is 0.714. The average Bonchev–Trinajstić information content (AvgIpc) is 2.62. The van der Waals surface area contributed by atoms with Gasteiger partial charge in [-0.15, -0.1) is 0 Å². The summed E-state index contributed by atoms with van der Waals surface area (Å²) in [7, 11) is -3.86. The summed E-state index contributed by atoms with van der Waals surface area (Å²) in [6.07, 6.45) is 0. The van der Waals surface area contributed by atoms with Crippen LogP contribution in [0.4, 0.5) is 4.39 Å². The Bertz CT molecular complexity index is 868. The van der Waals surface area contributed by atoms with Gasteiger partial charge in [0.15, 0.2) is 0 Å². The summed E-state index contributed by atoms with van der Waals surface area (Å²) in [4.78, 5) is 12.3. The van der Waals surface area contributed by atoms with Crippen LogP contribution >= 0.6 is 0 Å². The van der Waals surface area contributed by atoms with Crippen LogP contribution in [-0.2, 0) is 14.8 Å². The van der Waals surface area contributed by atoms with E-state index in [1.165, 1.54) is 31.2 Å². The van der Waals surface area contributed by atoms with Gasteiger partial charge in [-0.25, -0.2) is 12.8 Å². The maximum atomic E-state index is 13.0. The van der Waals surface area contributed by atoms with Crippen molar-refractivity contribution in [2.75, 3.05) is 6.61 Å². The molecular weight excluding hydrogens is 371 g/mol. The first-order valence-electron chi connectivity index (χ1n) is 8.54. The van der Waals surface area contributed by atoms with Gasteiger partial charge in [-0.1, -0.05) is 12.1 Å². The number of hydrogen-bond donors (Lipinski definition) is 2. The van der Waals surface area contributed by atoms with Crippen LogP contribution in [-0.4, -0.2) is 27.0 Å². The first-order chi connectivity index (χ1) is 12.7. The van der Waals surface area contributed by atoms with Crippen molar-refractivity contribution in [2.24, 2.45) is 0 Å². The number of carbonyl (C=O) groups excluding carboxylic acids is 1. The van der Waals surface area contributed by atoms with Gasteiger partial charge in [0, 0.05) is 0 Å². The average molecular weight is 394 g/mol. The second-order valence-electron chi connectivity index (χ2n) is 6.03. The second kappa shape index (κ2) is 8.96. The standard InChI is InChI=1S/C19H23FN2O4S/c1-4-26-17-9-11-18(12-10-17)27(24,25)22-14(3)19(23)21-13(2)15-5-7-16(20)8-6-15/h5-14,22H,4H2,1-3H3,(H,21,23)/t13-,14-/m1/s1. The van der Waals surface area contributed by atoms with Crippen molar-refractivity contribution in [1.82, 2.24) is 10.0 Å². The lowest BCUT2D eigenvalue weighted by molar-refractivity contribution is -0.123. The van der Waals surface area contributed by atoms with Gasteiger partial charge in [0.05, 0.1) is 23.6 Å². The highest BCUT2D eigenvalue weighted by molar-refractivity contribution is 7.89.